The van der Waals surface area contributed by atoms with E-state index in [9.17, 15) is 40.0 Å². The van der Waals surface area contributed by atoms with Crippen molar-refractivity contribution >= 4 is 146 Å². The number of carbonyl (C=O) groups is 3. The van der Waals surface area contributed by atoms with Gasteiger partial charge in [0, 0.05) is 41.1 Å². The molecule has 23 heteroatoms. The number of aryl methyl sites for hydroxylation is 1. The van der Waals surface area contributed by atoms with Gasteiger partial charge in [0.25, 0.3) is 26.0 Å². The monoisotopic (exact) mass is 1120 g/mol. The molecule has 7 aromatic rings. The number of carbonyl (C=O) groups excluding carboxylic acids is 3. The maximum Gasteiger partial charge on any atom is 0.273 e. The Balaban J connectivity index is 0.000000188. The maximum atomic E-state index is 13.7. The highest BCUT2D eigenvalue weighted by Gasteiger charge is 2.47. The first-order valence-electron chi connectivity index (χ1n) is 21.0. The van der Waals surface area contributed by atoms with Crippen molar-refractivity contribution in [3.05, 3.63) is 161 Å². The fourth-order valence-electron chi connectivity index (χ4n) is 8.22. The highest BCUT2D eigenvalue weighted by Crippen LogP contribution is 2.51. The molecule has 3 amide bonds. The quantitative estimate of drug-likeness (QED) is 0.108. The minimum absolute atomic E-state index is 0.0113. The van der Waals surface area contributed by atoms with Crippen molar-refractivity contribution in [1.82, 2.24) is 23.7 Å². The van der Waals surface area contributed by atoms with E-state index >= 15 is 0 Å². The number of halogens is 6. The summed E-state index contributed by atoms with van der Waals surface area (Å²) in [6.07, 6.45) is 11.1. The summed E-state index contributed by atoms with van der Waals surface area (Å²) >= 11 is 26.3. The van der Waals surface area contributed by atoms with Crippen molar-refractivity contribution in [2.24, 2.45) is 5.41 Å². The number of allylic oxidation sites excluding steroid dienone is 3. The van der Waals surface area contributed by atoms with E-state index < -0.39 is 48.9 Å². The number of nitrogens with zero attached hydrogens (tertiary/aromatic N) is 3. The van der Waals surface area contributed by atoms with Crippen LogP contribution in [0.25, 0.3) is 27.9 Å². The van der Waals surface area contributed by atoms with E-state index in [0.29, 0.717) is 29.7 Å². The highest BCUT2D eigenvalue weighted by atomic mass is 35.5. The Labute approximate surface area is 433 Å². The van der Waals surface area contributed by atoms with Crippen LogP contribution in [-0.2, 0) is 47.4 Å². The van der Waals surface area contributed by atoms with Crippen LogP contribution in [0.15, 0.2) is 116 Å². The first-order chi connectivity index (χ1) is 33.2. The molecule has 2 N–H and O–H groups in total. The second-order valence-electron chi connectivity index (χ2n) is 16.3. The third-order valence-electron chi connectivity index (χ3n) is 11.4. The van der Waals surface area contributed by atoms with Gasteiger partial charge in [-0.1, -0.05) is 114 Å². The van der Waals surface area contributed by atoms with Crippen LogP contribution < -0.4 is 9.44 Å². The van der Waals surface area contributed by atoms with Crippen LogP contribution in [0.4, 0.5) is 8.78 Å². The van der Waals surface area contributed by atoms with Gasteiger partial charge in [0.2, 0.25) is 11.8 Å². The molecule has 3 aromatic carbocycles. The number of hydrogen-bond acceptors (Lipinski definition) is 11. The Hall–Kier alpha value is -4.96. The van der Waals surface area contributed by atoms with Crippen LogP contribution in [0.1, 0.15) is 61.5 Å². The number of thiophene rings is 2. The van der Waals surface area contributed by atoms with Gasteiger partial charge in [0.05, 0.1) is 28.5 Å². The summed E-state index contributed by atoms with van der Waals surface area (Å²) in [6, 6.07) is 20.2. The van der Waals surface area contributed by atoms with E-state index in [-0.39, 0.29) is 52.4 Å². The molecule has 9 rings (SSSR count). The summed E-state index contributed by atoms with van der Waals surface area (Å²) in [5, 5.41) is 4.45. The Morgan fingerprint density at radius 1 is 0.857 bits per heavy atom. The summed E-state index contributed by atoms with van der Waals surface area (Å²) in [5.74, 6) is -3.61. The van der Waals surface area contributed by atoms with Crippen molar-refractivity contribution < 1.29 is 40.0 Å². The van der Waals surface area contributed by atoms with E-state index in [1.807, 2.05) is 51.8 Å². The molecule has 1 atom stereocenters. The van der Waals surface area contributed by atoms with Crippen LogP contribution in [0.5, 0.6) is 0 Å². The van der Waals surface area contributed by atoms with Crippen LogP contribution in [0, 0.1) is 17.0 Å². The minimum atomic E-state index is -4.16. The number of hydrogen-bond donors (Lipinski definition) is 2. The van der Waals surface area contributed by atoms with Gasteiger partial charge in [-0.25, -0.2) is 40.0 Å². The number of imidazole rings is 1. The van der Waals surface area contributed by atoms with E-state index in [1.165, 1.54) is 34.4 Å². The number of rotatable bonds is 13. The van der Waals surface area contributed by atoms with Gasteiger partial charge in [-0.15, -0.1) is 34.0 Å². The molecular formula is C47H37Cl4F2N5O7S5. The molecule has 12 nitrogen and oxygen atoms in total. The second-order valence-corrected chi connectivity index (χ2v) is 25.1. The number of sulfonamides is 2. The Morgan fingerprint density at radius 2 is 1.54 bits per heavy atom. The van der Waals surface area contributed by atoms with Gasteiger partial charge >= 0.3 is 0 Å². The zero-order valence-corrected chi connectivity index (χ0v) is 43.5. The lowest BCUT2D eigenvalue weighted by molar-refractivity contribution is -0.127. The van der Waals surface area contributed by atoms with Crippen LogP contribution in [-0.4, -0.2) is 48.8 Å². The summed E-state index contributed by atoms with van der Waals surface area (Å²) in [7, 11) is -8.19. The smallest absolute Gasteiger partial charge is 0.273 e. The molecule has 1 unspecified atom stereocenters. The molecule has 0 spiro atoms. The molecule has 1 saturated heterocycles. The summed E-state index contributed by atoms with van der Waals surface area (Å²) in [4.78, 5) is 44.5. The highest BCUT2D eigenvalue weighted by molar-refractivity contribution is 7.92. The summed E-state index contributed by atoms with van der Waals surface area (Å²) < 4.78 is 82.8. The lowest BCUT2D eigenvalue weighted by atomic mass is 9.74. The van der Waals surface area contributed by atoms with E-state index in [2.05, 4.69) is 34.0 Å². The van der Waals surface area contributed by atoms with Crippen molar-refractivity contribution in [3.63, 3.8) is 0 Å². The van der Waals surface area contributed by atoms with Crippen molar-refractivity contribution in [2.75, 3.05) is 0 Å². The van der Waals surface area contributed by atoms with Gasteiger partial charge in [0.15, 0.2) is 16.6 Å². The van der Waals surface area contributed by atoms with Crippen LogP contribution in [0.3, 0.4) is 0 Å². The molecule has 0 radical (unpaired) electrons. The molecule has 70 heavy (non-hydrogen) atoms. The molecule has 0 saturated carbocycles. The number of benzene rings is 3. The molecule has 1 fully saturated rings. The molecule has 5 heterocycles. The maximum absolute atomic E-state index is 13.7. The predicted octanol–water partition coefficient (Wildman–Crippen LogP) is 12.1. The number of amides is 3. The first kappa shape index (κ1) is 51.4. The molecular weight excluding hydrogens is 1090 g/mol. The largest absolute Gasteiger partial charge is 0.311 e. The Kier molecular flexibility index (Phi) is 15.4. The second kappa shape index (κ2) is 21.0. The Bertz CT molecular complexity index is 3510. The molecule has 4 aromatic heterocycles. The lowest BCUT2D eigenvalue weighted by Gasteiger charge is -2.34. The third-order valence-corrected chi connectivity index (χ3v) is 19.7. The average Bonchev–Trinajstić information content (AvgIpc) is 4.13. The van der Waals surface area contributed by atoms with E-state index in [4.69, 9.17) is 46.4 Å². The van der Waals surface area contributed by atoms with Crippen LogP contribution >= 0.6 is 80.4 Å². The number of nitrogens with one attached hydrogen (secondary N) is 2. The van der Waals surface area contributed by atoms with Gasteiger partial charge in [-0.05, 0) is 83.5 Å². The topological polar surface area (TPSA) is 164 Å². The average molecular weight is 1120 g/mol. The fraction of sp³-hybridized carbons (Fsp3) is 0.191. The van der Waals surface area contributed by atoms with Gasteiger partial charge < -0.3 is 4.90 Å². The van der Waals surface area contributed by atoms with Crippen molar-refractivity contribution in [3.8, 4) is 0 Å². The standard InChI is InChI=1S/C24H17Cl2N3O3S3.C23H20Cl2F2N2O4S2/c25-20-12-22(34-23(20)26)35(31,32)28-21(30)11-10-18-14-33-24-27-13-17(29(18)24)9-8-16-6-3-5-15-4-1-2-7-19(15)16;1-23-8-2-3-14(5-7-18(30)28-35(32,33)20-10-15(24)22(25)34-20)21(23)29(19(31)11-23)12-13-4-6-16(26)17(27)9-13/h1-9,12-14H,10-11H2,(H,28,30);4-7,9-10H,2-3,8,11-12H2,1H3,(H,28,30)/b9-8+;7-5+. The lowest BCUT2D eigenvalue weighted by Crippen LogP contribution is -2.30. The van der Waals surface area contributed by atoms with E-state index in [0.717, 1.165) is 92.5 Å². The fourth-order valence-corrected chi connectivity index (χ4v) is 14.9. The third kappa shape index (κ3) is 11.4. The summed E-state index contributed by atoms with van der Waals surface area (Å²) in [6.45, 7) is 2.01. The van der Waals surface area contributed by atoms with Crippen molar-refractivity contribution in [1.29, 1.82) is 0 Å². The normalized spacial score (nSPS) is 16.4. The van der Waals surface area contributed by atoms with E-state index in [1.54, 1.807) is 6.20 Å². The summed E-state index contributed by atoms with van der Waals surface area (Å²) in [5.41, 5.74) is 4.22. The Morgan fingerprint density at radius 3 is 2.23 bits per heavy atom. The minimum Gasteiger partial charge on any atom is -0.311 e. The van der Waals surface area contributed by atoms with Crippen LogP contribution in [0.2, 0.25) is 18.7 Å². The molecule has 2 aliphatic rings. The number of thiazole rings is 1. The molecule has 1 aliphatic heterocycles. The van der Waals surface area contributed by atoms with Gasteiger partial charge in [0.1, 0.15) is 17.1 Å². The number of aromatic nitrogens is 2. The number of fused-ring (bicyclic) bond motifs is 3. The van der Waals surface area contributed by atoms with Gasteiger partial charge in [-0.2, -0.15) is 0 Å². The number of likely N-dealkylation sites (tertiary alicyclic amines) is 1. The zero-order chi connectivity index (χ0) is 50.1. The van der Waals surface area contributed by atoms with Crippen molar-refractivity contribution in [2.45, 2.75) is 60.4 Å². The molecule has 1 aliphatic carbocycles. The zero-order valence-electron chi connectivity index (χ0n) is 36.4. The van der Waals surface area contributed by atoms with Gasteiger partial charge in [-0.3, -0.25) is 18.8 Å². The molecule has 364 valence electrons. The SMILES string of the molecule is CC12CCCC(/C=C/C(=O)NS(=O)(=O)c3cc(Cl)c(Cl)s3)=C1N(Cc1ccc(F)c(F)c1)C(=O)C2.O=C(CCc1csc2ncc(/C=C/c3cccc4ccccc34)n12)NS(=O)(=O)c1cc(Cl)c(Cl)s1. The first-order valence-corrected chi connectivity index (χ1v) is 28.0. The molecule has 0 bridgehead atoms. The predicted molar refractivity (Wildman–Crippen MR) is 273 cm³/mol.